The molecular weight excluding hydrogens is 392 g/mol. The Hall–Kier alpha value is -2.04. The Morgan fingerprint density at radius 2 is 1.60 bits per heavy atom. The average molecular weight is 424 g/mol. The topological polar surface area (TPSA) is 130 Å². The van der Waals surface area contributed by atoms with E-state index in [0.717, 1.165) is 0 Å². The lowest BCUT2D eigenvalue weighted by atomic mass is 9.92. The Morgan fingerprint density at radius 1 is 1.03 bits per heavy atom. The van der Waals surface area contributed by atoms with Gasteiger partial charge in [-0.25, -0.2) is 0 Å². The van der Waals surface area contributed by atoms with Crippen molar-refractivity contribution in [3.05, 3.63) is 0 Å². The first-order chi connectivity index (χ1) is 14.1. The second-order valence-corrected chi connectivity index (χ2v) is 8.80. The third kappa shape index (κ3) is 3.83. The maximum Gasteiger partial charge on any atom is 0.246 e. The zero-order valence-electron chi connectivity index (χ0n) is 17.8. The Bertz CT molecular complexity index is 713. The minimum absolute atomic E-state index is 0.166. The minimum Gasteiger partial charge on any atom is -0.391 e. The molecule has 3 aliphatic rings. The lowest BCUT2D eigenvalue weighted by molar-refractivity contribution is -0.153. The fourth-order valence-electron chi connectivity index (χ4n) is 4.98. The molecule has 0 saturated carbocycles. The van der Waals surface area contributed by atoms with Crippen LogP contribution >= 0.6 is 0 Å². The number of nitrogens with one attached hydrogen (secondary N) is 1. The maximum atomic E-state index is 13.4. The van der Waals surface area contributed by atoms with Crippen molar-refractivity contribution in [2.24, 2.45) is 0 Å². The van der Waals surface area contributed by atoms with Crippen molar-refractivity contribution in [3.8, 4) is 0 Å². The van der Waals surface area contributed by atoms with Crippen LogP contribution in [0.15, 0.2) is 0 Å². The monoisotopic (exact) mass is 424 g/mol. The van der Waals surface area contributed by atoms with Gasteiger partial charge < -0.3 is 30.1 Å². The fraction of sp³-hybridized carbons (Fsp3) is 0.800. The lowest BCUT2D eigenvalue weighted by Crippen LogP contribution is -2.68. The van der Waals surface area contributed by atoms with Gasteiger partial charge in [0.1, 0.15) is 30.0 Å². The predicted octanol–water partition coefficient (Wildman–Crippen LogP) is -1.90. The van der Waals surface area contributed by atoms with Crippen molar-refractivity contribution >= 4 is 24.0 Å². The van der Waals surface area contributed by atoms with Gasteiger partial charge >= 0.3 is 0 Å². The van der Waals surface area contributed by atoms with Crippen molar-refractivity contribution in [2.75, 3.05) is 26.7 Å². The van der Waals surface area contributed by atoms with Gasteiger partial charge in [0.15, 0.2) is 0 Å². The van der Waals surface area contributed by atoms with E-state index in [1.165, 1.54) is 28.5 Å². The highest BCUT2D eigenvalue weighted by Gasteiger charge is 2.49. The summed E-state index contributed by atoms with van der Waals surface area (Å²) in [6.07, 6.45) is 0.408. The largest absolute Gasteiger partial charge is 0.391 e. The van der Waals surface area contributed by atoms with Gasteiger partial charge in [0.2, 0.25) is 17.7 Å². The van der Waals surface area contributed by atoms with Crippen LogP contribution in [0.1, 0.15) is 39.5 Å². The number of amides is 3. The van der Waals surface area contributed by atoms with Crippen LogP contribution in [0.5, 0.6) is 0 Å². The van der Waals surface area contributed by atoms with Gasteiger partial charge in [-0.2, -0.15) is 0 Å². The highest BCUT2D eigenvalue weighted by molar-refractivity contribution is 5.95. The number of aliphatic hydroxyl groups excluding tert-OH is 2. The van der Waals surface area contributed by atoms with E-state index >= 15 is 0 Å². The highest BCUT2D eigenvalue weighted by Crippen LogP contribution is 2.28. The van der Waals surface area contributed by atoms with E-state index < -0.39 is 47.7 Å². The fourth-order valence-corrected chi connectivity index (χ4v) is 4.98. The van der Waals surface area contributed by atoms with E-state index in [2.05, 4.69) is 5.32 Å². The molecule has 6 unspecified atom stereocenters. The van der Waals surface area contributed by atoms with Crippen molar-refractivity contribution < 1.29 is 29.4 Å². The summed E-state index contributed by atoms with van der Waals surface area (Å²) in [4.78, 5) is 56.3. The molecule has 3 aliphatic heterocycles. The molecule has 3 heterocycles. The van der Waals surface area contributed by atoms with Gasteiger partial charge in [-0.1, -0.05) is 0 Å². The molecule has 3 fully saturated rings. The van der Waals surface area contributed by atoms with Crippen LogP contribution < -0.4 is 5.32 Å². The molecule has 3 saturated heterocycles. The van der Waals surface area contributed by atoms with Gasteiger partial charge in [0.05, 0.1) is 12.2 Å². The van der Waals surface area contributed by atoms with E-state index in [4.69, 9.17) is 0 Å². The molecule has 0 aromatic rings. The SMILES string of the molecule is CC(O)C1C(=O)N2CCCC2C(=O)N2CCCC2C(=O)NC(C=O)(C(C)O)CN1C. The summed E-state index contributed by atoms with van der Waals surface area (Å²) in [5.74, 6) is -1.16. The van der Waals surface area contributed by atoms with Crippen LogP contribution in [0, 0.1) is 0 Å². The number of carbonyl (C=O) groups is 4. The summed E-state index contributed by atoms with van der Waals surface area (Å²) in [7, 11) is 1.56. The molecule has 0 bridgehead atoms. The number of likely N-dealkylation sites (N-methyl/N-ethyl adjacent to an activating group) is 1. The average Bonchev–Trinajstić information content (AvgIpc) is 3.35. The molecule has 168 valence electrons. The number of hydrogen-bond acceptors (Lipinski definition) is 7. The van der Waals surface area contributed by atoms with E-state index in [9.17, 15) is 29.4 Å². The summed E-state index contributed by atoms with van der Waals surface area (Å²) < 4.78 is 0. The molecule has 3 rings (SSSR count). The van der Waals surface area contributed by atoms with Gasteiger partial charge in [-0.3, -0.25) is 19.3 Å². The maximum absolute atomic E-state index is 13.4. The molecule has 0 aromatic heterocycles. The zero-order valence-corrected chi connectivity index (χ0v) is 17.8. The lowest BCUT2D eigenvalue weighted by Gasteiger charge is -2.42. The minimum atomic E-state index is -1.68. The van der Waals surface area contributed by atoms with Crippen LogP contribution in [0.2, 0.25) is 0 Å². The van der Waals surface area contributed by atoms with Gasteiger partial charge in [-0.05, 0) is 46.6 Å². The number of carbonyl (C=O) groups excluding carboxylic acids is 4. The summed E-state index contributed by atoms with van der Waals surface area (Å²) >= 11 is 0. The van der Waals surface area contributed by atoms with E-state index in [1.54, 1.807) is 7.05 Å². The molecule has 30 heavy (non-hydrogen) atoms. The Balaban J connectivity index is 2.07. The standard InChI is InChI=1S/C20H32N4O6/c1-12(26)16-19(30)24-9-5-7-15(24)18(29)23-8-4-6-14(23)17(28)21-20(11-25,13(2)27)10-22(16)3/h11-16,26-27H,4-10H2,1-3H3,(H,21,28). The van der Waals surface area contributed by atoms with Crippen molar-refractivity contribution in [3.63, 3.8) is 0 Å². The second-order valence-electron chi connectivity index (χ2n) is 8.80. The first-order valence-electron chi connectivity index (χ1n) is 10.6. The quantitative estimate of drug-likeness (QED) is 0.451. The Morgan fingerprint density at radius 3 is 2.13 bits per heavy atom. The molecule has 0 spiro atoms. The normalized spacial score (nSPS) is 35.8. The number of hydrogen-bond donors (Lipinski definition) is 3. The Labute approximate surface area is 176 Å². The third-order valence-electron chi connectivity index (χ3n) is 6.67. The molecule has 10 heteroatoms. The number of aliphatic hydroxyl groups is 2. The third-order valence-corrected chi connectivity index (χ3v) is 6.67. The summed E-state index contributed by atoms with van der Waals surface area (Å²) in [5, 5.41) is 23.4. The van der Waals surface area contributed by atoms with Gasteiger partial charge in [0.25, 0.3) is 0 Å². The zero-order chi connectivity index (χ0) is 22.2. The smallest absolute Gasteiger partial charge is 0.246 e. The molecule has 3 amide bonds. The van der Waals surface area contributed by atoms with Crippen LogP contribution in [0.4, 0.5) is 0 Å². The van der Waals surface area contributed by atoms with Crippen LogP contribution in [-0.4, -0.2) is 111 Å². The van der Waals surface area contributed by atoms with Crippen LogP contribution in [0.3, 0.4) is 0 Å². The molecule has 0 aliphatic carbocycles. The van der Waals surface area contributed by atoms with Crippen LogP contribution in [0.25, 0.3) is 0 Å². The molecule has 3 N–H and O–H groups in total. The molecule has 0 radical (unpaired) electrons. The van der Waals surface area contributed by atoms with Crippen molar-refractivity contribution in [2.45, 2.75) is 75.4 Å². The highest BCUT2D eigenvalue weighted by atomic mass is 16.3. The molecular formula is C20H32N4O6. The molecule has 6 atom stereocenters. The molecule has 0 aromatic carbocycles. The summed E-state index contributed by atoms with van der Waals surface area (Å²) in [6, 6.07) is -2.43. The van der Waals surface area contributed by atoms with Crippen molar-refractivity contribution in [1.82, 2.24) is 20.0 Å². The number of nitrogens with zero attached hydrogens (tertiary/aromatic N) is 3. The molecule has 10 nitrogen and oxygen atoms in total. The number of rotatable bonds is 3. The first-order valence-corrected chi connectivity index (χ1v) is 10.6. The van der Waals surface area contributed by atoms with Crippen molar-refractivity contribution in [1.29, 1.82) is 0 Å². The predicted molar refractivity (Wildman–Crippen MR) is 106 cm³/mol. The van der Waals surface area contributed by atoms with E-state index in [-0.39, 0.29) is 12.5 Å². The van der Waals surface area contributed by atoms with Crippen LogP contribution in [-0.2, 0) is 19.2 Å². The first kappa shape index (κ1) is 22.6. The number of aldehydes is 1. The van der Waals surface area contributed by atoms with Gasteiger partial charge in [0, 0.05) is 19.6 Å². The summed E-state index contributed by atoms with van der Waals surface area (Å²) in [6.45, 7) is 3.49. The summed E-state index contributed by atoms with van der Waals surface area (Å²) in [5.41, 5.74) is -1.68. The van der Waals surface area contributed by atoms with Gasteiger partial charge in [-0.15, -0.1) is 0 Å². The second kappa shape index (κ2) is 8.60. The van der Waals surface area contributed by atoms with E-state index in [0.29, 0.717) is 45.1 Å². The number of fused-ring (bicyclic) bond motifs is 2. The van der Waals surface area contributed by atoms with E-state index in [1.807, 2.05) is 0 Å². The Kier molecular flexibility index (Phi) is 6.49.